The SMILES string of the molecule is COc1ccc2c(c1)c1c(n2C(=O)c2ccc(Cl)cc2)CCC(C(=O)O)(C(=O)O)C1. The summed E-state index contributed by atoms with van der Waals surface area (Å²) in [4.78, 5) is 37.1. The zero-order valence-corrected chi connectivity index (χ0v) is 16.8. The molecule has 0 unspecified atom stereocenters. The molecule has 0 aliphatic heterocycles. The molecule has 0 amide bonds. The van der Waals surface area contributed by atoms with E-state index >= 15 is 0 Å². The molecule has 30 heavy (non-hydrogen) atoms. The number of hydrogen-bond acceptors (Lipinski definition) is 4. The number of aromatic nitrogens is 1. The maximum Gasteiger partial charge on any atom is 0.321 e. The molecule has 3 aromatic rings. The van der Waals surface area contributed by atoms with Crippen LogP contribution in [0.2, 0.25) is 5.02 Å². The van der Waals surface area contributed by atoms with Crippen molar-refractivity contribution in [3.8, 4) is 5.75 Å². The molecule has 8 heteroatoms. The molecule has 1 heterocycles. The van der Waals surface area contributed by atoms with Gasteiger partial charge in [-0.3, -0.25) is 19.0 Å². The van der Waals surface area contributed by atoms with Crippen molar-refractivity contribution in [3.63, 3.8) is 0 Å². The Kier molecular flexibility index (Phi) is 4.78. The van der Waals surface area contributed by atoms with Gasteiger partial charge in [0.15, 0.2) is 5.41 Å². The van der Waals surface area contributed by atoms with Gasteiger partial charge in [0, 0.05) is 28.1 Å². The van der Waals surface area contributed by atoms with Crippen molar-refractivity contribution in [1.82, 2.24) is 4.57 Å². The molecule has 4 rings (SSSR count). The number of fused-ring (bicyclic) bond motifs is 3. The first-order chi connectivity index (χ1) is 14.3. The average Bonchev–Trinajstić information content (AvgIpc) is 3.05. The standard InChI is InChI=1S/C22H18ClNO6/c1-30-14-6-7-17-15(10-14)16-11-22(20(26)27,21(28)29)9-8-18(16)24(17)19(25)12-2-4-13(23)5-3-12/h2-7,10H,8-9,11H2,1H3,(H,26,27)(H,28,29). The van der Waals surface area contributed by atoms with E-state index in [1.807, 2.05) is 0 Å². The lowest BCUT2D eigenvalue weighted by Gasteiger charge is -2.29. The fourth-order valence-electron chi connectivity index (χ4n) is 4.11. The highest BCUT2D eigenvalue weighted by molar-refractivity contribution is 6.30. The van der Waals surface area contributed by atoms with E-state index in [2.05, 4.69) is 0 Å². The summed E-state index contributed by atoms with van der Waals surface area (Å²) in [5, 5.41) is 20.5. The van der Waals surface area contributed by atoms with Crippen LogP contribution in [0.15, 0.2) is 42.5 Å². The minimum Gasteiger partial charge on any atom is -0.497 e. The number of rotatable bonds is 4. The third kappa shape index (κ3) is 2.93. The van der Waals surface area contributed by atoms with Gasteiger partial charge in [0.05, 0.1) is 12.6 Å². The largest absolute Gasteiger partial charge is 0.497 e. The van der Waals surface area contributed by atoms with Gasteiger partial charge in [-0.1, -0.05) is 11.6 Å². The van der Waals surface area contributed by atoms with Crippen LogP contribution in [-0.4, -0.2) is 39.7 Å². The van der Waals surface area contributed by atoms with Crippen LogP contribution >= 0.6 is 11.6 Å². The molecular weight excluding hydrogens is 410 g/mol. The highest BCUT2D eigenvalue weighted by Crippen LogP contribution is 2.42. The highest BCUT2D eigenvalue weighted by Gasteiger charge is 2.50. The molecule has 2 N–H and O–H groups in total. The summed E-state index contributed by atoms with van der Waals surface area (Å²) < 4.78 is 6.83. The molecular formula is C22H18ClNO6. The van der Waals surface area contributed by atoms with Gasteiger partial charge < -0.3 is 14.9 Å². The second-order valence-electron chi connectivity index (χ2n) is 7.32. The van der Waals surface area contributed by atoms with Crippen molar-refractivity contribution in [2.75, 3.05) is 7.11 Å². The number of hydrogen-bond donors (Lipinski definition) is 2. The number of ether oxygens (including phenoxy) is 1. The van der Waals surface area contributed by atoms with E-state index in [-0.39, 0.29) is 25.2 Å². The number of nitrogens with zero attached hydrogens (tertiary/aromatic N) is 1. The van der Waals surface area contributed by atoms with Crippen LogP contribution in [0.3, 0.4) is 0 Å². The Hall–Kier alpha value is -3.32. The number of benzene rings is 2. The summed E-state index contributed by atoms with van der Waals surface area (Å²) in [6, 6.07) is 11.6. The molecule has 0 saturated heterocycles. The normalized spacial score (nSPS) is 14.9. The lowest BCUT2D eigenvalue weighted by atomic mass is 9.72. The van der Waals surface area contributed by atoms with E-state index in [1.165, 1.54) is 7.11 Å². The molecule has 1 aliphatic rings. The molecule has 0 bridgehead atoms. The number of carboxylic acids is 2. The van der Waals surface area contributed by atoms with Crippen LogP contribution in [0, 0.1) is 5.41 Å². The Bertz CT molecular complexity index is 1180. The van der Waals surface area contributed by atoms with Gasteiger partial charge in [-0.05, 0) is 60.9 Å². The van der Waals surface area contributed by atoms with Gasteiger partial charge >= 0.3 is 11.9 Å². The predicted octanol–water partition coefficient (Wildman–Crippen LogP) is 3.64. The van der Waals surface area contributed by atoms with Crippen molar-refractivity contribution in [2.24, 2.45) is 5.41 Å². The van der Waals surface area contributed by atoms with Crippen LogP contribution in [-0.2, 0) is 22.4 Å². The van der Waals surface area contributed by atoms with Crippen molar-refractivity contribution < 1.29 is 29.3 Å². The maximum atomic E-state index is 13.3. The minimum absolute atomic E-state index is 0.105. The van der Waals surface area contributed by atoms with Crippen molar-refractivity contribution in [2.45, 2.75) is 19.3 Å². The fraction of sp³-hybridized carbons (Fsp3) is 0.227. The number of halogens is 1. The van der Waals surface area contributed by atoms with E-state index in [4.69, 9.17) is 16.3 Å². The Morgan fingerprint density at radius 3 is 2.33 bits per heavy atom. The van der Waals surface area contributed by atoms with E-state index < -0.39 is 17.4 Å². The smallest absolute Gasteiger partial charge is 0.321 e. The molecule has 7 nitrogen and oxygen atoms in total. The zero-order valence-electron chi connectivity index (χ0n) is 16.0. The van der Waals surface area contributed by atoms with Gasteiger partial charge in [-0.15, -0.1) is 0 Å². The van der Waals surface area contributed by atoms with Gasteiger partial charge in [0.1, 0.15) is 5.75 Å². The van der Waals surface area contributed by atoms with E-state index in [0.717, 1.165) is 0 Å². The summed E-state index contributed by atoms with van der Waals surface area (Å²) >= 11 is 5.93. The van der Waals surface area contributed by atoms with E-state index in [0.29, 0.717) is 38.5 Å². The van der Waals surface area contributed by atoms with Gasteiger partial charge in [-0.2, -0.15) is 0 Å². The third-order valence-corrected chi connectivity index (χ3v) is 6.02. The van der Waals surface area contributed by atoms with E-state index in [1.54, 1.807) is 47.0 Å². The van der Waals surface area contributed by atoms with Crippen LogP contribution in [0.5, 0.6) is 5.75 Å². The zero-order chi connectivity index (χ0) is 21.6. The quantitative estimate of drug-likeness (QED) is 0.616. The Balaban J connectivity index is 1.96. The third-order valence-electron chi connectivity index (χ3n) is 5.77. The monoisotopic (exact) mass is 427 g/mol. The molecule has 0 atom stereocenters. The molecule has 0 radical (unpaired) electrons. The summed E-state index contributed by atoms with van der Waals surface area (Å²) in [6.07, 6.45) is -0.173. The summed E-state index contributed by atoms with van der Waals surface area (Å²) in [7, 11) is 1.50. The number of carboxylic acid groups (broad SMARTS) is 2. The first-order valence-corrected chi connectivity index (χ1v) is 9.63. The first kappa shape index (κ1) is 20.0. The Morgan fingerprint density at radius 1 is 1.07 bits per heavy atom. The van der Waals surface area contributed by atoms with Gasteiger partial charge in [0.2, 0.25) is 0 Å². The molecule has 0 spiro atoms. The average molecular weight is 428 g/mol. The van der Waals surface area contributed by atoms with Gasteiger partial charge in [0.25, 0.3) is 5.91 Å². The maximum absolute atomic E-state index is 13.3. The Labute approximate surface area is 176 Å². The molecule has 0 fully saturated rings. The number of carbonyl (C=O) groups excluding carboxylic acids is 1. The summed E-state index contributed by atoms with van der Waals surface area (Å²) in [5.74, 6) is -2.52. The van der Waals surface area contributed by atoms with Crippen LogP contribution in [0.4, 0.5) is 0 Å². The molecule has 154 valence electrons. The molecule has 1 aromatic heterocycles. The van der Waals surface area contributed by atoms with E-state index in [9.17, 15) is 24.6 Å². The Morgan fingerprint density at radius 2 is 1.73 bits per heavy atom. The second-order valence-corrected chi connectivity index (χ2v) is 7.76. The van der Waals surface area contributed by atoms with Crippen LogP contribution in [0.1, 0.15) is 28.0 Å². The second kappa shape index (κ2) is 7.18. The minimum atomic E-state index is -1.93. The van der Waals surface area contributed by atoms with Gasteiger partial charge in [-0.25, -0.2) is 0 Å². The van der Waals surface area contributed by atoms with Crippen LogP contribution < -0.4 is 4.74 Å². The topological polar surface area (TPSA) is 106 Å². The summed E-state index contributed by atoms with van der Waals surface area (Å²) in [5.41, 5.74) is 0.229. The lowest BCUT2D eigenvalue weighted by molar-refractivity contribution is -0.165. The molecule has 2 aromatic carbocycles. The van der Waals surface area contributed by atoms with Crippen molar-refractivity contribution >= 4 is 40.3 Å². The lowest BCUT2D eigenvalue weighted by Crippen LogP contribution is -2.44. The first-order valence-electron chi connectivity index (χ1n) is 9.26. The number of carbonyl (C=O) groups is 3. The summed E-state index contributed by atoms with van der Waals surface area (Å²) in [6.45, 7) is 0. The number of methoxy groups -OCH3 is 1. The predicted molar refractivity (Wildman–Crippen MR) is 109 cm³/mol. The highest BCUT2D eigenvalue weighted by atomic mass is 35.5. The fourth-order valence-corrected chi connectivity index (χ4v) is 4.23. The molecule has 1 aliphatic carbocycles. The molecule has 0 saturated carbocycles. The van der Waals surface area contributed by atoms with Crippen molar-refractivity contribution in [1.29, 1.82) is 0 Å². The van der Waals surface area contributed by atoms with Crippen molar-refractivity contribution in [3.05, 3.63) is 64.3 Å². The van der Waals surface area contributed by atoms with Crippen LogP contribution in [0.25, 0.3) is 10.9 Å². The number of aliphatic carboxylic acids is 2.